The lowest BCUT2D eigenvalue weighted by Crippen LogP contribution is -2.24. The smallest absolute Gasteiger partial charge is 0.285 e. The van der Waals surface area contributed by atoms with Gasteiger partial charge in [-0.05, 0) is 6.92 Å². The zero-order valence-electron chi connectivity index (χ0n) is 5.86. The summed E-state index contributed by atoms with van der Waals surface area (Å²) in [6, 6.07) is 0. The van der Waals surface area contributed by atoms with Gasteiger partial charge in [0.2, 0.25) is 0 Å². The van der Waals surface area contributed by atoms with Crippen molar-refractivity contribution in [1.29, 1.82) is 0 Å². The average molecular weight is 169 g/mol. The van der Waals surface area contributed by atoms with Gasteiger partial charge in [0.15, 0.2) is 0 Å². The summed E-state index contributed by atoms with van der Waals surface area (Å²) < 4.78 is 25.3. The first-order valence-corrected chi connectivity index (χ1v) is 4.31. The van der Waals surface area contributed by atoms with Crippen molar-refractivity contribution < 1.29 is 17.8 Å². The second-order valence-corrected chi connectivity index (χ2v) is 3.48. The van der Waals surface area contributed by atoms with Gasteiger partial charge in [0, 0.05) is 7.05 Å². The summed E-state index contributed by atoms with van der Waals surface area (Å²) in [5, 5.41) is 8.63. The molecule has 0 aliphatic rings. The fraction of sp³-hybridized carbons (Fsp3) is 1.00. The van der Waals surface area contributed by atoms with Gasteiger partial charge in [-0.3, -0.25) is 0 Å². The number of hydrogen-bond acceptors (Lipinski definition) is 5. The quantitative estimate of drug-likeness (QED) is 0.520. The normalized spacial score (nSPS) is 15.1. The Labute approximate surface area is 60.1 Å². The molecule has 1 atom stereocenters. The van der Waals surface area contributed by atoms with Crippen molar-refractivity contribution >= 4 is 10.1 Å². The fourth-order valence-electron chi connectivity index (χ4n) is 0.456. The zero-order chi connectivity index (χ0) is 8.20. The number of hydroxylamine groups is 1. The van der Waals surface area contributed by atoms with E-state index in [-0.39, 0.29) is 0 Å². The molecule has 0 aromatic carbocycles. The van der Waals surface area contributed by atoms with Crippen LogP contribution in [0, 0.1) is 0 Å². The van der Waals surface area contributed by atoms with E-state index in [4.69, 9.17) is 5.11 Å². The van der Waals surface area contributed by atoms with E-state index in [0.29, 0.717) is 0 Å². The first-order valence-electron chi connectivity index (χ1n) is 2.74. The Kier molecular flexibility index (Phi) is 3.80. The third-order valence-electron chi connectivity index (χ3n) is 0.656. The number of aliphatic hydroxyl groups is 1. The van der Waals surface area contributed by atoms with Gasteiger partial charge in [-0.15, -0.1) is 0 Å². The summed E-state index contributed by atoms with van der Waals surface area (Å²) in [6.45, 7) is 1.37. The molecular weight excluding hydrogens is 158 g/mol. The number of nitrogens with one attached hydrogen (secondary N) is 1. The van der Waals surface area contributed by atoms with Crippen molar-refractivity contribution in [2.24, 2.45) is 0 Å². The van der Waals surface area contributed by atoms with Crippen molar-refractivity contribution in [1.82, 2.24) is 5.48 Å². The van der Waals surface area contributed by atoms with Crippen LogP contribution in [0.15, 0.2) is 0 Å². The third-order valence-corrected chi connectivity index (χ3v) is 1.97. The van der Waals surface area contributed by atoms with Gasteiger partial charge in [0.05, 0.1) is 6.10 Å². The molecule has 0 rings (SSSR count). The second-order valence-electron chi connectivity index (χ2n) is 1.86. The van der Waals surface area contributed by atoms with Gasteiger partial charge in [0.1, 0.15) is 5.75 Å². The second kappa shape index (κ2) is 3.87. The van der Waals surface area contributed by atoms with Crippen LogP contribution < -0.4 is 5.48 Å². The van der Waals surface area contributed by atoms with Gasteiger partial charge in [-0.2, -0.15) is 18.2 Å². The molecule has 0 aliphatic carbocycles. The van der Waals surface area contributed by atoms with E-state index >= 15 is 0 Å². The van der Waals surface area contributed by atoms with E-state index in [1.165, 1.54) is 14.0 Å². The van der Waals surface area contributed by atoms with Crippen molar-refractivity contribution in [3.8, 4) is 0 Å². The Balaban J connectivity index is 3.89. The van der Waals surface area contributed by atoms with E-state index in [1.807, 2.05) is 5.48 Å². The molecule has 2 N–H and O–H groups in total. The minimum Gasteiger partial charge on any atom is -0.392 e. The van der Waals surface area contributed by atoms with Crippen molar-refractivity contribution in [3.63, 3.8) is 0 Å². The van der Waals surface area contributed by atoms with Crippen LogP contribution in [0.1, 0.15) is 6.92 Å². The fourth-order valence-corrected chi connectivity index (χ4v) is 1.37. The van der Waals surface area contributed by atoms with Gasteiger partial charge >= 0.3 is 0 Å². The van der Waals surface area contributed by atoms with Crippen LogP contribution in [-0.4, -0.2) is 32.4 Å². The maximum atomic E-state index is 10.6. The van der Waals surface area contributed by atoms with Crippen molar-refractivity contribution in [2.75, 3.05) is 12.8 Å². The summed E-state index contributed by atoms with van der Waals surface area (Å²) in [7, 11) is -2.26. The van der Waals surface area contributed by atoms with Crippen LogP contribution in [-0.2, 0) is 14.4 Å². The molecule has 0 aliphatic heterocycles. The van der Waals surface area contributed by atoms with Gasteiger partial charge in [0.25, 0.3) is 10.1 Å². The molecule has 0 aromatic heterocycles. The van der Waals surface area contributed by atoms with Crippen LogP contribution >= 0.6 is 0 Å². The average Bonchev–Trinajstić information content (AvgIpc) is 1.59. The highest BCUT2D eigenvalue weighted by Gasteiger charge is 2.13. The van der Waals surface area contributed by atoms with E-state index in [9.17, 15) is 8.42 Å². The van der Waals surface area contributed by atoms with E-state index < -0.39 is 22.0 Å². The van der Waals surface area contributed by atoms with Crippen LogP contribution in [0.2, 0.25) is 0 Å². The number of hydrogen-bond donors (Lipinski definition) is 2. The van der Waals surface area contributed by atoms with Crippen molar-refractivity contribution in [2.45, 2.75) is 13.0 Å². The summed E-state index contributed by atoms with van der Waals surface area (Å²) in [4.78, 5) is 0. The lowest BCUT2D eigenvalue weighted by molar-refractivity contribution is 0.196. The highest BCUT2D eigenvalue weighted by molar-refractivity contribution is 7.86. The lowest BCUT2D eigenvalue weighted by Gasteiger charge is -2.03. The summed E-state index contributed by atoms with van der Waals surface area (Å²) >= 11 is 0. The van der Waals surface area contributed by atoms with Gasteiger partial charge in [-0.1, -0.05) is 0 Å². The van der Waals surface area contributed by atoms with Crippen LogP contribution in [0.4, 0.5) is 0 Å². The molecule has 0 saturated heterocycles. The molecule has 6 heteroatoms. The molecule has 0 aromatic rings. The Morgan fingerprint density at radius 1 is 1.70 bits per heavy atom. The van der Waals surface area contributed by atoms with Crippen molar-refractivity contribution in [3.05, 3.63) is 0 Å². The molecule has 5 nitrogen and oxygen atoms in total. The predicted molar refractivity (Wildman–Crippen MR) is 35.6 cm³/mol. The third kappa shape index (κ3) is 4.68. The molecule has 1 unspecified atom stereocenters. The van der Waals surface area contributed by atoms with E-state index in [1.54, 1.807) is 0 Å². The minimum atomic E-state index is -3.59. The Bertz CT molecular complexity index is 174. The zero-order valence-corrected chi connectivity index (χ0v) is 6.68. The molecule has 0 saturated carbocycles. The highest BCUT2D eigenvalue weighted by atomic mass is 32.2. The van der Waals surface area contributed by atoms with Crippen LogP contribution in [0.25, 0.3) is 0 Å². The lowest BCUT2D eigenvalue weighted by atomic mass is 10.5. The number of rotatable bonds is 4. The molecule has 0 spiro atoms. The molecule has 10 heavy (non-hydrogen) atoms. The molecule has 0 radical (unpaired) electrons. The van der Waals surface area contributed by atoms with E-state index in [0.717, 1.165) is 0 Å². The molecular formula is C4H11NO4S. The largest absolute Gasteiger partial charge is 0.392 e. The summed E-state index contributed by atoms with van der Waals surface area (Å²) in [6.07, 6.45) is -0.904. The van der Waals surface area contributed by atoms with E-state index in [2.05, 4.69) is 4.28 Å². The van der Waals surface area contributed by atoms with Crippen LogP contribution in [0.5, 0.6) is 0 Å². The number of aliphatic hydroxyl groups excluding tert-OH is 1. The topological polar surface area (TPSA) is 75.6 Å². The minimum absolute atomic E-state index is 0.395. The summed E-state index contributed by atoms with van der Waals surface area (Å²) in [5.74, 6) is -0.395. The SMILES string of the molecule is CNOS(=O)(=O)CC(C)O. The predicted octanol–water partition coefficient (Wildman–Crippen LogP) is -1.15. The Morgan fingerprint density at radius 3 is 2.50 bits per heavy atom. The molecule has 0 fully saturated rings. The molecule has 62 valence electrons. The van der Waals surface area contributed by atoms with Gasteiger partial charge < -0.3 is 5.11 Å². The molecule has 0 amide bonds. The maximum Gasteiger partial charge on any atom is 0.285 e. The Hall–Kier alpha value is -0.170. The maximum absolute atomic E-state index is 10.6. The van der Waals surface area contributed by atoms with Crippen LogP contribution in [0.3, 0.4) is 0 Å². The molecule has 0 heterocycles. The summed E-state index contributed by atoms with van der Waals surface area (Å²) in [5.41, 5.74) is 2.01. The molecule has 0 bridgehead atoms. The first-order chi connectivity index (χ1) is 4.48. The highest BCUT2D eigenvalue weighted by Crippen LogP contribution is 1.92. The monoisotopic (exact) mass is 169 g/mol. The standard InChI is InChI=1S/C4H11NO4S/c1-4(6)3-10(7,8)9-5-2/h4-6H,3H2,1-2H3. The first kappa shape index (κ1) is 9.83. The van der Waals surface area contributed by atoms with Gasteiger partial charge in [-0.25, -0.2) is 0 Å². The Morgan fingerprint density at radius 2 is 2.20 bits per heavy atom.